The Balaban J connectivity index is 0.000000440. The summed E-state index contributed by atoms with van der Waals surface area (Å²) in [4.78, 5) is -0.265. The van der Waals surface area contributed by atoms with Gasteiger partial charge in [0.25, 0.3) is 0 Å². The molecular formula is C56H86BaO6S2. The van der Waals surface area contributed by atoms with E-state index in [9.17, 15) is 25.9 Å². The smallest absolute Gasteiger partial charge is 0.744 e. The molecule has 6 nitrogen and oxygen atoms in total. The molecule has 0 amide bonds. The molecule has 65 heavy (non-hydrogen) atoms. The zero-order chi connectivity index (χ0) is 46.5. The minimum absolute atomic E-state index is 0. The Hall–Kier alpha value is -1.21. The fourth-order valence-corrected chi connectivity index (χ4v) is 10.1. The average Bonchev–Trinajstić information content (AvgIpc) is 3.27. The van der Waals surface area contributed by atoms with Crippen LogP contribution < -0.4 is 0 Å². The molecule has 0 radical (unpaired) electrons. The van der Waals surface area contributed by atoms with Crippen molar-refractivity contribution in [3.63, 3.8) is 0 Å². The fourth-order valence-electron chi connectivity index (χ4n) is 9.07. The van der Waals surface area contributed by atoms with Crippen LogP contribution in [0.3, 0.4) is 0 Å². The quantitative estimate of drug-likeness (QED) is 0.0261. The van der Waals surface area contributed by atoms with Crippen LogP contribution in [0.15, 0.2) is 70.5 Å². The summed E-state index contributed by atoms with van der Waals surface area (Å²) in [6, 6.07) is 18.3. The number of unbranched alkanes of at least 4 members (excludes halogenated alkanes) is 24. The Bertz CT molecular complexity index is 1960. The van der Waals surface area contributed by atoms with E-state index in [0.29, 0.717) is 0 Å². The number of rotatable bonds is 34. The van der Waals surface area contributed by atoms with Crippen LogP contribution in [0.2, 0.25) is 0 Å². The third kappa shape index (κ3) is 24.8. The van der Waals surface area contributed by atoms with E-state index in [4.69, 9.17) is 0 Å². The van der Waals surface area contributed by atoms with Crippen molar-refractivity contribution in [2.24, 2.45) is 0 Å². The van der Waals surface area contributed by atoms with Gasteiger partial charge in [0.2, 0.25) is 0 Å². The summed E-state index contributed by atoms with van der Waals surface area (Å²) in [6.45, 7) is 9.00. The third-order valence-corrected chi connectivity index (χ3v) is 14.7. The van der Waals surface area contributed by atoms with Crippen LogP contribution in [0.25, 0.3) is 21.5 Å². The van der Waals surface area contributed by atoms with E-state index < -0.39 is 20.2 Å². The van der Waals surface area contributed by atoms with Crippen LogP contribution in [0.5, 0.6) is 0 Å². The number of aryl methyl sites for hydroxylation is 4. The van der Waals surface area contributed by atoms with Gasteiger partial charge in [-0.2, -0.15) is 0 Å². The van der Waals surface area contributed by atoms with E-state index in [1.165, 1.54) is 214 Å². The van der Waals surface area contributed by atoms with Gasteiger partial charge in [0.05, 0.1) is 9.79 Å². The van der Waals surface area contributed by atoms with E-state index in [1.807, 2.05) is 0 Å². The second-order valence-corrected chi connectivity index (χ2v) is 21.4. The Morgan fingerprint density at radius 3 is 0.754 bits per heavy atom. The van der Waals surface area contributed by atoms with Gasteiger partial charge in [-0.1, -0.05) is 218 Å². The molecule has 0 atom stereocenters. The fraction of sp³-hybridized carbons (Fsp3) is 0.643. The van der Waals surface area contributed by atoms with Crippen molar-refractivity contribution < 1.29 is 25.9 Å². The zero-order valence-electron chi connectivity index (χ0n) is 41.4. The molecule has 0 saturated carbocycles. The van der Waals surface area contributed by atoms with Gasteiger partial charge in [0.15, 0.2) is 0 Å². The summed E-state index contributed by atoms with van der Waals surface area (Å²) in [5, 5.41) is 3.78. The van der Waals surface area contributed by atoms with E-state index in [0.717, 1.165) is 47.2 Å². The molecule has 0 spiro atoms. The van der Waals surface area contributed by atoms with Gasteiger partial charge in [0.1, 0.15) is 20.2 Å². The summed E-state index contributed by atoms with van der Waals surface area (Å²) in [5.74, 6) is 0. The SMILES string of the molecule is CCCCCCCCCc1cc2ccc(S(=O)(=O)[O-])cc2cc1CCCCCCCCC.CCCCCCCCCc1cc2ccc(S(=O)(=O)[O-])cc2cc1CCCCCCCCC.[Ba+2]. The van der Waals surface area contributed by atoms with E-state index in [-0.39, 0.29) is 58.7 Å². The van der Waals surface area contributed by atoms with Gasteiger partial charge < -0.3 is 9.11 Å². The van der Waals surface area contributed by atoms with Crippen molar-refractivity contribution in [2.45, 2.75) is 243 Å². The van der Waals surface area contributed by atoms with Gasteiger partial charge in [-0.3, -0.25) is 0 Å². The maximum Gasteiger partial charge on any atom is 2.00 e. The second kappa shape index (κ2) is 35.0. The molecule has 0 N–H and O–H groups in total. The van der Waals surface area contributed by atoms with Crippen LogP contribution in [-0.4, -0.2) is 74.8 Å². The summed E-state index contributed by atoms with van der Waals surface area (Å²) < 4.78 is 68.8. The monoisotopic (exact) mass is 1060 g/mol. The minimum atomic E-state index is -4.43. The molecule has 4 aromatic carbocycles. The van der Waals surface area contributed by atoms with Gasteiger partial charge in [-0.05, 0) is 119 Å². The molecule has 0 unspecified atom stereocenters. The molecule has 0 saturated heterocycles. The van der Waals surface area contributed by atoms with Gasteiger partial charge in [-0.25, -0.2) is 16.8 Å². The van der Waals surface area contributed by atoms with Crippen molar-refractivity contribution in [3.8, 4) is 0 Å². The maximum atomic E-state index is 11.5. The topological polar surface area (TPSA) is 114 Å². The molecule has 0 aliphatic heterocycles. The second-order valence-electron chi connectivity index (χ2n) is 18.7. The summed E-state index contributed by atoms with van der Waals surface area (Å²) in [7, 11) is -8.85. The standard InChI is InChI=1S/2C28H44O3S.Ba/c2*1-3-5-7-9-11-13-15-17-24-21-26-19-20-28(32(29,30)31)23-27(26)22-25(24)18-16-14-12-10-8-6-4-2;/h2*19-23H,3-18H2,1-2H3,(H,29,30,31);/q;;+2/p-2. The number of hydrogen-bond acceptors (Lipinski definition) is 6. The van der Waals surface area contributed by atoms with Crippen molar-refractivity contribution in [1.82, 2.24) is 0 Å². The largest absolute Gasteiger partial charge is 2.00 e. The Kier molecular flexibility index (Phi) is 32.2. The Morgan fingerprint density at radius 2 is 0.523 bits per heavy atom. The summed E-state index contributed by atoms with van der Waals surface area (Å²) in [5.41, 5.74) is 5.46. The molecule has 4 aromatic rings. The molecule has 0 bridgehead atoms. The van der Waals surface area contributed by atoms with Gasteiger partial charge in [-0.15, -0.1) is 0 Å². The Labute approximate surface area is 438 Å². The first kappa shape index (κ1) is 59.9. The molecule has 9 heteroatoms. The average molecular weight is 1060 g/mol. The Morgan fingerprint density at radius 1 is 0.308 bits per heavy atom. The predicted octanol–water partition coefficient (Wildman–Crippen LogP) is 16.3. The molecular weight excluding hydrogens is 970 g/mol. The molecule has 0 aliphatic rings. The summed E-state index contributed by atoms with van der Waals surface area (Å²) >= 11 is 0. The van der Waals surface area contributed by atoms with Gasteiger partial charge >= 0.3 is 48.9 Å². The molecule has 0 fully saturated rings. The third-order valence-electron chi connectivity index (χ3n) is 13.0. The molecule has 0 aliphatic carbocycles. The van der Waals surface area contributed by atoms with E-state index in [1.54, 1.807) is 24.3 Å². The van der Waals surface area contributed by atoms with Crippen molar-refractivity contribution >= 4 is 90.7 Å². The molecule has 360 valence electrons. The van der Waals surface area contributed by atoms with E-state index >= 15 is 0 Å². The van der Waals surface area contributed by atoms with Crippen LogP contribution in [-0.2, 0) is 45.9 Å². The van der Waals surface area contributed by atoms with Gasteiger partial charge in [0, 0.05) is 0 Å². The molecule has 0 heterocycles. The first-order chi connectivity index (χ1) is 30.9. The van der Waals surface area contributed by atoms with Crippen LogP contribution in [0.1, 0.15) is 230 Å². The first-order valence-corrected chi connectivity index (χ1v) is 28.8. The molecule has 0 aromatic heterocycles. The first-order valence-electron chi connectivity index (χ1n) is 25.9. The van der Waals surface area contributed by atoms with Crippen LogP contribution in [0, 0.1) is 0 Å². The van der Waals surface area contributed by atoms with Crippen molar-refractivity contribution in [1.29, 1.82) is 0 Å². The summed E-state index contributed by atoms with van der Waals surface area (Å²) in [6.07, 6.45) is 40.4. The number of benzene rings is 4. The molecule has 4 rings (SSSR count). The maximum absolute atomic E-state index is 11.5. The predicted molar refractivity (Wildman–Crippen MR) is 276 cm³/mol. The van der Waals surface area contributed by atoms with Crippen molar-refractivity contribution in [3.05, 3.63) is 82.9 Å². The van der Waals surface area contributed by atoms with Crippen molar-refractivity contribution in [2.75, 3.05) is 0 Å². The minimum Gasteiger partial charge on any atom is -0.744 e. The number of fused-ring (bicyclic) bond motifs is 2. The van der Waals surface area contributed by atoms with Crippen LogP contribution in [0.4, 0.5) is 0 Å². The van der Waals surface area contributed by atoms with Crippen LogP contribution >= 0.6 is 0 Å². The normalized spacial score (nSPS) is 11.8. The zero-order valence-corrected chi connectivity index (χ0v) is 47.4. The van der Waals surface area contributed by atoms with E-state index in [2.05, 4.69) is 52.0 Å². The number of hydrogen-bond donors (Lipinski definition) is 0.